The van der Waals surface area contributed by atoms with Crippen molar-refractivity contribution in [2.45, 2.75) is 11.8 Å². The van der Waals surface area contributed by atoms with Crippen molar-refractivity contribution in [2.75, 3.05) is 6.26 Å². The predicted octanol–water partition coefficient (Wildman–Crippen LogP) is 2.17. The number of hydrogen-bond donors (Lipinski definition) is 1. The maximum atomic E-state index is 13.0. The van der Waals surface area contributed by atoms with E-state index in [9.17, 15) is 8.60 Å². The van der Waals surface area contributed by atoms with Crippen LogP contribution in [-0.2, 0) is 9.73 Å². The molecule has 1 aromatic rings. The third-order valence-electron chi connectivity index (χ3n) is 1.51. The predicted molar refractivity (Wildman–Crippen MR) is 46.2 cm³/mol. The lowest BCUT2D eigenvalue weighted by Crippen LogP contribution is -1.98. The lowest BCUT2D eigenvalue weighted by atomic mass is 10.2. The Hall–Kier alpha value is -0.900. The molecule has 1 unspecified atom stereocenters. The summed E-state index contributed by atoms with van der Waals surface area (Å²) in [6.45, 7) is 1.74. The molecule has 0 spiro atoms. The van der Waals surface area contributed by atoms with Crippen molar-refractivity contribution in [3.8, 4) is 0 Å². The van der Waals surface area contributed by atoms with E-state index in [0.717, 1.165) is 5.56 Å². The minimum Gasteiger partial charge on any atom is -0.249 e. The van der Waals surface area contributed by atoms with Gasteiger partial charge in [-0.3, -0.25) is 0 Å². The zero-order chi connectivity index (χ0) is 9.35. The SMILES string of the molecule is Cc1ccc(S(C)(=N)=O)c(F)c1. The first-order valence-electron chi connectivity index (χ1n) is 3.41. The zero-order valence-corrected chi connectivity index (χ0v) is 7.74. The molecule has 0 radical (unpaired) electrons. The van der Waals surface area contributed by atoms with E-state index in [2.05, 4.69) is 0 Å². The van der Waals surface area contributed by atoms with Gasteiger partial charge < -0.3 is 0 Å². The maximum absolute atomic E-state index is 13.0. The molecule has 0 amide bonds. The normalized spacial score (nSPS) is 15.6. The summed E-state index contributed by atoms with van der Waals surface area (Å²) in [7, 11) is -2.93. The van der Waals surface area contributed by atoms with Gasteiger partial charge in [-0.15, -0.1) is 0 Å². The highest BCUT2D eigenvalue weighted by Crippen LogP contribution is 2.15. The Morgan fingerprint density at radius 1 is 1.50 bits per heavy atom. The summed E-state index contributed by atoms with van der Waals surface area (Å²) in [4.78, 5) is -0.0203. The minimum absolute atomic E-state index is 0.0203. The average Bonchev–Trinajstić information content (AvgIpc) is 1.83. The number of aryl methyl sites for hydroxylation is 1. The second-order valence-corrected chi connectivity index (χ2v) is 4.90. The number of nitrogens with one attached hydrogen (secondary N) is 1. The van der Waals surface area contributed by atoms with Crippen LogP contribution in [0.15, 0.2) is 23.1 Å². The fourth-order valence-corrected chi connectivity index (χ4v) is 1.68. The molecule has 0 saturated heterocycles. The third-order valence-corrected chi connectivity index (χ3v) is 2.68. The summed E-state index contributed by atoms with van der Waals surface area (Å²) in [6.07, 6.45) is 1.21. The molecule has 2 nitrogen and oxygen atoms in total. The van der Waals surface area contributed by atoms with E-state index in [1.54, 1.807) is 13.0 Å². The van der Waals surface area contributed by atoms with Crippen molar-refractivity contribution in [1.29, 1.82) is 4.78 Å². The molecule has 0 aliphatic carbocycles. The smallest absolute Gasteiger partial charge is 0.140 e. The fourth-order valence-electron chi connectivity index (χ4n) is 0.922. The van der Waals surface area contributed by atoms with E-state index in [1.807, 2.05) is 0 Å². The van der Waals surface area contributed by atoms with Gasteiger partial charge in [0, 0.05) is 6.26 Å². The van der Waals surface area contributed by atoms with Crippen molar-refractivity contribution in [1.82, 2.24) is 0 Å². The molecule has 0 aliphatic rings. The number of rotatable bonds is 1. The summed E-state index contributed by atoms with van der Waals surface area (Å²) >= 11 is 0. The van der Waals surface area contributed by atoms with Crippen molar-refractivity contribution >= 4 is 9.73 Å². The van der Waals surface area contributed by atoms with Gasteiger partial charge in [-0.25, -0.2) is 13.4 Å². The van der Waals surface area contributed by atoms with Gasteiger partial charge in [0.05, 0.1) is 14.6 Å². The molecular formula is C8H10FNOS. The standard InChI is InChI=1S/C8H10FNOS/c1-6-3-4-8(7(9)5-6)12(2,10)11/h3-5,10H,1-2H3. The quantitative estimate of drug-likeness (QED) is 0.719. The van der Waals surface area contributed by atoms with Crippen LogP contribution in [0.3, 0.4) is 0 Å². The molecule has 1 rings (SSSR count). The number of benzene rings is 1. The van der Waals surface area contributed by atoms with Gasteiger partial charge in [-0.1, -0.05) is 6.07 Å². The summed E-state index contributed by atoms with van der Waals surface area (Å²) in [5.74, 6) is -0.558. The first-order chi connectivity index (χ1) is 5.41. The summed E-state index contributed by atoms with van der Waals surface area (Å²) < 4.78 is 31.4. The van der Waals surface area contributed by atoms with Gasteiger partial charge in [-0.05, 0) is 24.6 Å². The first kappa shape index (κ1) is 9.19. The summed E-state index contributed by atoms with van der Waals surface area (Å²) in [5.41, 5.74) is 0.764. The largest absolute Gasteiger partial charge is 0.249 e. The molecule has 0 aliphatic heterocycles. The molecule has 12 heavy (non-hydrogen) atoms. The Labute approximate surface area is 71.4 Å². The lowest BCUT2D eigenvalue weighted by molar-refractivity contribution is 0.593. The van der Waals surface area contributed by atoms with Gasteiger partial charge >= 0.3 is 0 Å². The van der Waals surface area contributed by atoms with Crippen LogP contribution in [0.5, 0.6) is 0 Å². The van der Waals surface area contributed by atoms with Gasteiger partial charge in [0.15, 0.2) is 0 Å². The second kappa shape index (κ2) is 2.86. The van der Waals surface area contributed by atoms with Crippen molar-refractivity contribution in [3.63, 3.8) is 0 Å². The molecular weight excluding hydrogens is 177 g/mol. The number of halogens is 1. The highest BCUT2D eigenvalue weighted by Gasteiger charge is 2.08. The van der Waals surface area contributed by atoms with Crippen molar-refractivity contribution in [2.24, 2.45) is 0 Å². The molecule has 1 aromatic carbocycles. The molecule has 0 heterocycles. The average molecular weight is 187 g/mol. The summed E-state index contributed by atoms with van der Waals surface area (Å²) in [6, 6.07) is 4.34. The van der Waals surface area contributed by atoms with Crippen LogP contribution >= 0.6 is 0 Å². The van der Waals surface area contributed by atoms with E-state index in [4.69, 9.17) is 4.78 Å². The number of hydrogen-bond acceptors (Lipinski definition) is 2. The van der Waals surface area contributed by atoms with Crippen molar-refractivity contribution in [3.05, 3.63) is 29.6 Å². The zero-order valence-electron chi connectivity index (χ0n) is 6.93. The Kier molecular flexibility index (Phi) is 2.19. The highest BCUT2D eigenvalue weighted by atomic mass is 32.2. The van der Waals surface area contributed by atoms with Gasteiger partial charge in [0.25, 0.3) is 0 Å². The first-order valence-corrected chi connectivity index (χ1v) is 5.38. The third kappa shape index (κ3) is 1.82. The van der Waals surface area contributed by atoms with Gasteiger partial charge in [0.2, 0.25) is 0 Å². The van der Waals surface area contributed by atoms with E-state index in [-0.39, 0.29) is 4.90 Å². The molecule has 1 atom stereocenters. The molecule has 0 saturated carbocycles. The second-order valence-electron chi connectivity index (χ2n) is 2.78. The summed E-state index contributed by atoms with van der Waals surface area (Å²) in [5, 5.41) is 0. The van der Waals surface area contributed by atoms with Gasteiger partial charge in [0.1, 0.15) is 5.82 Å². The van der Waals surface area contributed by atoms with Crippen LogP contribution in [0, 0.1) is 17.5 Å². The Balaban J connectivity index is 3.39. The highest BCUT2D eigenvalue weighted by molar-refractivity contribution is 7.91. The van der Waals surface area contributed by atoms with Crippen LogP contribution in [-0.4, -0.2) is 10.5 Å². The van der Waals surface area contributed by atoms with E-state index in [1.165, 1.54) is 18.4 Å². The monoisotopic (exact) mass is 187 g/mol. The Bertz CT molecular complexity index is 398. The molecule has 0 fully saturated rings. The van der Waals surface area contributed by atoms with Crippen molar-refractivity contribution < 1.29 is 8.60 Å². The van der Waals surface area contributed by atoms with E-state index in [0.29, 0.717) is 0 Å². The van der Waals surface area contributed by atoms with Crippen LogP contribution < -0.4 is 0 Å². The van der Waals surface area contributed by atoms with E-state index >= 15 is 0 Å². The maximum Gasteiger partial charge on any atom is 0.140 e. The Morgan fingerprint density at radius 2 is 2.08 bits per heavy atom. The molecule has 0 aromatic heterocycles. The lowest BCUT2D eigenvalue weighted by Gasteiger charge is -2.02. The molecule has 4 heteroatoms. The molecule has 1 N–H and O–H groups in total. The van der Waals surface area contributed by atoms with Crippen LogP contribution in [0.4, 0.5) is 4.39 Å². The fraction of sp³-hybridized carbons (Fsp3) is 0.250. The van der Waals surface area contributed by atoms with Crippen LogP contribution in [0.25, 0.3) is 0 Å². The minimum atomic E-state index is -2.93. The molecule has 0 bridgehead atoms. The Morgan fingerprint density at radius 3 is 2.50 bits per heavy atom. The topological polar surface area (TPSA) is 40.9 Å². The van der Waals surface area contributed by atoms with E-state index < -0.39 is 15.5 Å². The molecule has 66 valence electrons. The van der Waals surface area contributed by atoms with Crippen LogP contribution in [0.1, 0.15) is 5.56 Å². The van der Waals surface area contributed by atoms with Crippen LogP contribution in [0.2, 0.25) is 0 Å². The van der Waals surface area contributed by atoms with Gasteiger partial charge in [-0.2, -0.15) is 0 Å².